The first kappa shape index (κ1) is 22.0. The van der Waals surface area contributed by atoms with Crippen molar-refractivity contribution in [3.8, 4) is 0 Å². The van der Waals surface area contributed by atoms with Gasteiger partial charge in [-0.25, -0.2) is 8.51 Å². The summed E-state index contributed by atoms with van der Waals surface area (Å²) in [5, 5.41) is 4.23. The largest absolute Gasteiger partial charge is 0.399 e. The number of hydrogen-bond acceptors (Lipinski definition) is 5. The molecular weight excluding hydrogens is 434 g/mol. The highest BCUT2D eigenvalue weighted by Crippen LogP contribution is 2.46. The first-order valence-corrected chi connectivity index (χ1v) is 12.9. The molecule has 0 bridgehead atoms. The van der Waals surface area contributed by atoms with Gasteiger partial charge in [0.05, 0.1) is 25.9 Å². The number of nitrogens with one attached hydrogen (secondary N) is 2. The van der Waals surface area contributed by atoms with Gasteiger partial charge in [-0.1, -0.05) is 19.9 Å². The molecule has 1 aliphatic heterocycles. The zero-order chi connectivity index (χ0) is 23.7. The van der Waals surface area contributed by atoms with E-state index in [1.807, 2.05) is 24.3 Å². The Balaban J connectivity index is 1.80. The van der Waals surface area contributed by atoms with Crippen molar-refractivity contribution in [3.05, 3.63) is 52.7 Å². The summed E-state index contributed by atoms with van der Waals surface area (Å²) in [4.78, 5) is 20.2. The van der Waals surface area contributed by atoms with E-state index >= 15 is 0 Å². The van der Waals surface area contributed by atoms with Crippen LogP contribution in [0.25, 0.3) is 10.9 Å². The van der Waals surface area contributed by atoms with Crippen LogP contribution in [0.5, 0.6) is 0 Å². The van der Waals surface area contributed by atoms with E-state index in [4.69, 9.17) is 5.73 Å². The molecule has 2 aliphatic rings. The zero-order valence-corrected chi connectivity index (χ0v) is 20.4. The summed E-state index contributed by atoms with van der Waals surface area (Å²) < 4.78 is 15.4. The smallest absolute Gasteiger partial charge is 0.195 e. The standard InChI is InChI=1S/C25H31N5O2S/c1-25(2)18-14-20(30-10-8-27-9-11-30)21(33(5,32)29(3)4)13-17(18)23(31)22-16-7-6-15(26)12-19(16)28-24(22)25/h6-7,12-14,27-28H,5,8-11,26H2,1-4H3. The molecule has 1 aromatic heterocycles. The molecule has 0 saturated carbocycles. The molecule has 1 aliphatic carbocycles. The SMILES string of the molecule is C=S(=O)(c1cc2c(cc1N1CCNCC1)C(C)(C)c1[nH]c3cc(N)ccc3c1C2=O)N(C)C. The number of fused-ring (bicyclic) bond motifs is 4. The molecule has 0 spiro atoms. The van der Waals surface area contributed by atoms with Crippen molar-refractivity contribution in [2.75, 3.05) is 50.9 Å². The average Bonchev–Trinajstić information content (AvgIpc) is 3.17. The number of anilines is 2. The van der Waals surface area contributed by atoms with Crippen LogP contribution in [-0.2, 0) is 15.1 Å². The van der Waals surface area contributed by atoms with Crippen LogP contribution in [-0.4, -0.2) is 65.4 Å². The Morgan fingerprint density at radius 3 is 2.52 bits per heavy atom. The number of aromatic nitrogens is 1. The second-order valence-electron chi connectivity index (χ2n) is 9.69. The lowest BCUT2D eigenvalue weighted by Gasteiger charge is -2.37. The highest BCUT2D eigenvalue weighted by Gasteiger charge is 2.41. The summed E-state index contributed by atoms with van der Waals surface area (Å²) in [5.41, 5.74) is 11.0. The van der Waals surface area contributed by atoms with Crippen molar-refractivity contribution < 1.29 is 9.00 Å². The van der Waals surface area contributed by atoms with Gasteiger partial charge < -0.3 is 20.9 Å². The van der Waals surface area contributed by atoms with E-state index in [1.54, 1.807) is 18.4 Å². The van der Waals surface area contributed by atoms with Crippen LogP contribution in [0.3, 0.4) is 0 Å². The maximum Gasteiger partial charge on any atom is 0.195 e. The number of piperazine rings is 1. The molecular formula is C25H31N5O2S. The first-order chi connectivity index (χ1) is 15.5. The van der Waals surface area contributed by atoms with Crippen molar-refractivity contribution in [2.24, 2.45) is 0 Å². The molecule has 0 amide bonds. The monoisotopic (exact) mass is 465 g/mol. The predicted octanol–water partition coefficient (Wildman–Crippen LogP) is 2.58. The summed E-state index contributed by atoms with van der Waals surface area (Å²) in [6.45, 7) is 7.58. The summed E-state index contributed by atoms with van der Waals surface area (Å²) in [6.07, 6.45) is 0. The Kier molecular flexibility index (Phi) is 4.90. The number of H-pyrrole nitrogens is 1. The number of nitrogen functional groups attached to an aromatic ring is 1. The second kappa shape index (κ2) is 7.35. The van der Waals surface area contributed by atoms with E-state index in [0.29, 0.717) is 21.7 Å². The summed E-state index contributed by atoms with van der Waals surface area (Å²) in [5.74, 6) is 4.02. The minimum absolute atomic E-state index is 0.0580. The lowest BCUT2D eigenvalue weighted by atomic mass is 9.71. The van der Waals surface area contributed by atoms with Crippen LogP contribution in [0, 0.1) is 0 Å². The molecule has 5 rings (SSSR count). The number of aromatic amines is 1. The van der Waals surface area contributed by atoms with E-state index in [1.165, 1.54) is 0 Å². The van der Waals surface area contributed by atoms with Gasteiger partial charge in [-0.15, -0.1) is 0 Å². The molecule has 1 fully saturated rings. The van der Waals surface area contributed by atoms with E-state index in [0.717, 1.165) is 54.0 Å². The zero-order valence-electron chi connectivity index (χ0n) is 19.6. The van der Waals surface area contributed by atoms with Crippen LogP contribution in [0.4, 0.5) is 11.4 Å². The van der Waals surface area contributed by atoms with Crippen LogP contribution in [0.15, 0.2) is 35.2 Å². The molecule has 33 heavy (non-hydrogen) atoms. The van der Waals surface area contributed by atoms with Crippen molar-refractivity contribution in [1.29, 1.82) is 0 Å². The molecule has 1 saturated heterocycles. The van der Waals surface area contributed by atoms with Crippen LogP contribution in [0.2, 0.25) is 0 Å². The van der Waals surface area contributed by atoms with E-state index in [2.05, 4.69) is 41.0 Å². The first-order valence-electron chi connectivity index (χ1n) is 11.2. The molecule has 1 atom stereocenters. The summed E-state index contributed by atoms with van der Waals surface area (Å²) >= 11 is 0. The lowest BCUT2D eigenvalue weighted by molar-refractivity contribution is 0.103. The van der Waals surface area contributed by atoms with Crippen molar-refractivity contribution in [3.63, 3.8) is 0 Å². The van der Waals surface area contributed by atoms with Crippen LogP contribution < -0.4 is 16.0 Å². The number of carbonyl (C=O) groups is 1. The molecule has 2 heterocycles. The quantitative estimate of drug-likeness (QED) is 0.408. The Morgan fingerprint density at radius 1 is 1.15 bits per heavy atom. The van der Waals surface area contributed by atoms with Gasteiger partial charge in [0.1, 0.15) is 0 Å². The molecule has 7 nitrogen and oxygen atoms in total. The minimum atomic E-state index is -2.77. The number of carbonyl (C=O) groups excluding carboxylic acids is 1. The molecule has 8 heteroatoms. The van der Waals surface area contributed by atoms with E-state index in [-0.39, 0.29) is 5.78 Å². The Bertz CT molecular complexity index is 1400. The third-order valence-electron chi connectivity index (χ3n) is 7.08. The number of ketones is 1. The third-order valence-corrected chi connectivity index (χ3v) is 9.28. The van der Waals surface area contributed by atoms with Gasteiger partial charge in [-0.2, -0.15) is 0 Å². The van der Waals surface area contributed by atoms with Gasteiger partial charge >= 0.3 is 0 Å². The number of nitrogens with two attached hydrogens (primary N) is 1. The lowest BCUT2D eigenvalue weighted by Crippen LogP contribution is -2.44. The van der Waals surface area contributed by atoms with E-state index in [9.17, 15) is 9.00 Å². The Hall–Kier alpha value is -2.81. The fourth-order valence-electron chi connectivity index (χ4n) is 5.07. The van der Waals surface area contributed by atoms with Crippen LogP contribution in [0.1, 0.15) is 41.0 Å². The van der Waals surface area contributed by atoms with Gasteiger partial charge in [0.15, 0.2) is 5.78 Å². The maximum absolute atomic E-state index is 13.9. The minimum Gasteiger partial charge on any atom is -0.399 e. The van der Waals surface area contributed by atoms with Crippen molar-refractivity contribution in [1.82, 2.24) is 14.6 Å². The second-order valence-corrected chi connectivity index (χ2v) is 12.1. The number of nitrogens with zero attached hydrogens (tertiary/aromatic N) is 2. The van der Waals surface area contributed by atoms with E-state index < -0.39 is 15.1 Å². The van der Waals surface area contributed by atoms with Crippen molar-refractivity contribution in [2.45, 2.75) is 24.2 Å². The normalized spacial score (nSPS) is 19.4. The molecule has 2 aromatic carbocycles. The fraction of sp³-hybridized carbons (Fsp3) is 0.360. The van der Waals surface area contributed by atoms with Crippen LogP contribution >= 0.6 is 0 Å². The van der Waals surface area contributed by atoms with Gasteiger partial charge in [0.25, 0.3) is 0 Å². The molecule has 0 radical (unpaired) electrons. The summed E-state index contributed by atoms with van der Waals surface area (Å²) in [7, 11) is 0.768. The summed E-state index contributed by atoms with van der Waals surface area (Å²) in [6, 6.07) is 9.50. The molecule has 3 aromatic rings. The Morgan fingerprint density at radius 2 is 1.85 bits per heavy atom. The molecule has 174 valence electrons. The third kappa shape index (κ3) is 3.19. The van der Waals surface area contributed by atoms with Crippen molar-refractivity contribution >= 4 is 43.6 Å². The number of benzene rings is 2. The highest BCUT2D eigenvalue weighted by atomic mass is 32.2. The molecule has 4 N–H and O–H groups in total. The van der Waals surface area contributed by atoms with Gasteiger partial charge in [-0.05, 0) is 49.8 Å². The highest BCUT2D eigenvalue weighted by molar-refractivity contribution is 7.98. The predicted molar refractivity (Wildman–Crippen MR) is 137 cm³/mol. The van der Waals surface area contributed by atoms with Gasteiger partial charge in [0.2, 0.25) is 0 Å². The Labute approximate surface area is 195 Å². The number of hydrogen-bond donors (Lipinski definition) is 3. The maximum atomic E-state index is 13.9. The average molecular weight is 466 g/mol. The van der Waals surface area contributed by atoms with Gasteiger partial charge in [-0.3, -0.25) is 4.79 Å². The molecule has 1 unspecified atom stereocenters. The topological polar surface area (TPSA) is 94.5 Å². The van der Waals surface area contributed by atoms with Gasteiger partial charge in [0, 0.05) is 59.4 Å². The fourth-order valence-corrected chi connectivity index (χ4v) is 6.28. The number of rotatable bonds is 3.